The van der Waals surface area contributed by atoms with Crippen LogP contribution in [0.4, 0.5) is 0 Å². The fraction of sp³-hybridized carbons (Fsp3) is 0.350. The van der Waals surface area contributed by atoms with Crippen LogP contribution < -0.4 is 0 Å². The molecule has 4 rings (SSSR count). The average molecular weight is 349 g/mol. The molecule has 0 saturated carbocycles. The number of rotatable bonds is 4. The molecule has 6 nitrogen and oxygen atoms in total. The highest BCUT2D eigenvalue weighted by atomic mass is 16.2. The van der Waals surface area contributed by atoms with E-state index in [0.717, 1.165) is 49.3 Å². The molecule has 3 aromatic rings. The first-order chi connectivity index (χ1) is 12.7. The first kappa shape index (κ1) is 16.6. The van der Waals surface area contributed by atoms with Crippen molar-refractivity contribution < 1.29 is 4.79 Å². The molecule has 134 valence electrons. The fourth-order valence-electron chi connectivity index (χ4n) is 3.54. The molecular weight excluding hydrogens is 326 g/mol. The molecule has 1 fully saturated rings. The molecule has 0 bridgehead atoms. The van der Waals surface area contributed by atoms with E-state index in [1.54, 1.807) is 6.20 Å². The molecule has 1 aliphatic rings. The van der Waals surface area contributed by atoms with Crippen molar-refractivity contribution in [3.63, 3.8) is 0 Å². The van der Waals surface area contributed by atoms with Gasteiger partial charge in [0, 0.05) is 37.6 Å². The summed E-state index contributed by atoms with van der Waals surface area (Å²) in [6, 6.07) is 9.65. The molecule has 0 unspecified atom stereocenters. The van der Waals surface area contributed by atoms with Crippen molar-refractivity contribution in [3.05, 3.63) is 60.0 Å². The van der Waals surface area contributed by atoms with E-state index in [1.165, 1.54) is 5.56 Å². The molecule has 1 aliphatic heterocycles. The van der Waals surface area contributed by atoms with E-state index in [4.69, 9.17) is 0 Å². The van der Waals surface area contributed by atoms with Crippen LogP contribution in [-0.2, 0) is 6.54 Å². The average Bonchev–Trinajstić information content (AvgIpc) is 3.34. The summed E-state index contributed by atoms with van der Waals surface area (Å²) in [5, 5.41) is 11.3. The SMILES string of the molecule is Cc1cnn(CC2CCN(C(=O)c3ccc(-c4ccn[nH]4)cc3)CC2)c1. The zero-order valence-electron chi connectivity index (χ0n) is 14.9. The van der Waals surface area contributed by atoms with Gasteiger partial charge in [0.05, 0.1) is 11.9 Å². The Kier molecular flexibility index (Phi) is 4.56. The lowest BCUT2D eigenvalue weighted by molar-refractivity contribution is 0.0681. The first-order valence-electron chi connectivity index (χ1n) is 9.07. The number of likely N-dealkylation sites (tertiary alicyclic amines) is 1. The van der Waals surface area contributed by atoms with E-state index in [2.05, 4.69) is 28.4 Å². The zero-order valence-corrected chi connectivity index (χ0v) is 14.9. The molecule has 0 spiro atoms. The minimum absolute atomic E-state index is 0.120. The Balaban J connectivity index is 1.34. The highest BCUT2D eigenvalue weighted by Gasteiger charge is 2.24. The predicted molar refractivity (Wildman–Crippen MR) is 99.6 cm³/mol. The zero-order chi connectivity index (χ0) is 17.9. The third-order valence-corrected chi connectivity index (χ3v) is 5.05. The molecule has 0 aliphatic carbocycles. The van der Waals surface area contributed by atoms with Crippen molar-refractivity contribution in [1.82, 2.24) is 24.9 Å². The first-order valence-corrected chi connectivity index (χ1v) is 9.07. The van der Waals surface area contributed by atoms with Gasteiger partial charge in [-0.3, -0.25) is 14.6 Å². The van der Waals surface area contributed by atoms with Crippen LogP contribution in [-0.4, -0.2) is 43.9 Å². The molecule has 1 aromatic carbocycles. The monoisotopic (exact) mass is 349 g/mol. The number of piperidine rings is 1. The third kappa shape index (κ3) is 3.54. The molecule has 2 aromatic heterocycles. The van der Waals surface area contributed by atoms with Crippen molar-refractivity contribution in [2.75, 3.05) is 13.1 Å². The fourth-order valence-corrected chi connectivity index (χ4v) is 3.54. The van der Waals surface area contributed by atoms with Gasteiger partial charge >= 0.3 is 0 Å². The molecule has 1 N–H and O–H groups in total. The number of amides is 1. The summed E-state index contributed by atoms with van der Waals surface area (Å²) in [5.41, 5.74) is 3.93. The van der Waals surface area contributed by atoms with Gasteiger partial charge in [-0.25, -0.2) is 0 Å². The largest absolute Gasteiger partial charge is 0.339 e. The molecular formula is C20H23N5O. The lowest BCUT2D eigenvalue weighted by Crippen LogP contribution is -2.39. The predicted octanol–water partition coefficient (Wildman–Crippen LogP) is 3.13. The second-order valence-electron chi connectivity index (χ2n) is 7.02. The lowest BCUT2D eigenvalue weighted by Gasteiger charge is -2.32. The Morgan fingerprint density at radius 1 is 1.19 bits per heavy atom. The Morgan fingerprint density at radius 2 is 1.96 bits per heavy atom. The summed E-state index contributed by atoms with van der Waals surface area (Å²) in [6.45, 7) is 4.62. The van der Waals surface area contributed by atoms with Gasteiger partial charge in [0.2, 0.25) is 0 Å². The summed E-state index contributed by atoms with van der Waals surface area (Å²) in [5.74, 6) is 0.704. The van der Waals surface area contributed by atoms with Gasteiger partial charge in [0.1, 0.15) is 0 Å². The van der Waals surface area contributed by atoms with Gasteiger partial charge in [-0.2, -0.15) is 10.2 Å². The number of nitrogens with one attached hydrogen (secondary N) is 1. The molecule has 0 radical (unpaired) electrons. The number of aromatic amines is 1. The third-order valence-electron chi connectivity index (χ3n) is 5.05. The van der Waals surface area contributed by atoms with Crippen LogP contribution in [0, 0.1) is 12.8 Å². The maximum atomic E-state index is 12.8. The Bertz CT molecular complexity index is 858. The molecule has 26 heavy (non-hydrogen) atoms. The Labute approximate surface area is 152 Å². The number of H-pyrrole nitrogens is 1. The van der Waals surface area contributed by atoms with Crippen LogP contribution >= 0.6 is 0 Å². The van der Waals surface area contributed by atoms with Gasteiger partial charge in [0.15, 0.2) is 0 Å². The van der Waals surface area contributed by atoms with Crippen molar-refractivity contribution in [3.8, 4) is 11.3 Å². The Morgan fingerprint density at radius 3 is 2.58 bits per heavy atom. The Hall–Kier alpha value is -2.89. The highest BCUT2D eigenvalue weighted by Crippen LogP contribution is 2.22. The second kappa shape index (κ2) is 7.15. The minimum Gasteiger partial charge on any atom is -0.339 e. The summed E-state index contributed by atoms with van der Waals surface area (Å²) >= 11 is 0. The second-order valence-corrected chi connectivity index (χ2v) is 7.02. The molecule has 1 saturated heterocycles. The summed E-state index contributed by atoms with van der Waals surface area (Å²) in [6.07, 6.45) is 7.75. The number of hydrogen-bond donors (Lipinski definition) is 1. The summed E-state index contributed by atoms with van der Waals surface area (Å²) < 4.78 is 2.02. The van der Waals surface area contributed by atoms with E-state index >= 15 is 0 Å². The standard InChI is InChI=1S/C20H23N5O/c1-15-12-22-25(13-15)14-16-7-10-24(11-8-16)20(26)18-4-2-17(3-5-18)19-6-9-21-23-19/h2-6,9,12-13,16H,7-8,10-11,14H2,1H3,(H,21,23). The topological polar surface area (TPSA) is 66.8 Å². The van der Waals surface area contributed by atoms with E-state index in [1.807, 2.05) is 46.1 Å². The number of aryl methyl sites for hydroxylation is 1. The van der Waals surface area contributed by atoms with Crippen molar-refractivity contribution >= 4 is 5.91 Å². The van der Waals surface area contributed by atoms with Crippen molar-refractivity contribution in [1.29, 1.82) is 0 Å². The van der Waals surface area contributed by atoms with Crippen LogP contribution in [0.25, 0.3) is 11.3 Å². The number of carbonyl (C=O) groups is 1. The normalized spacial score (nSPS) is 15.3. The summed E-state index contributed by atoms with van der Waals surface area (Å²) in [4.78, 5) is 14.7. The molecule has 6 heteroatoms. The molecule has 1 amide bonds. The van der Waals surface area contributed by atoms with Gasteiger partial charge in [-0.1, -0.05) is 12.1 Å². The van der Waals surface area contributed by atoms with E-state index in [9.17, 15) is 4.79 Å². The maximum absolute atomic E-state index is 12.8. The van der Waals surface area contributed by atoms with Crippen LogP contribution in [0.1, 0.15) is 28.8 Å². The minimum atomic E-state index is 0.120. The van der Waals surface area contributed by atoms with E-state index < -0.39 is 0 Å². The molecule has 3 heterocycles. The van der Waals surface area contributed by atoms with Crippen LogP contribution in [0.3, 0.4) is 0 Å². The van der Waals surface area contributed by atoms with Gasteiger partial charge in [-0.15, -0.1) is 0 Å². The number of benzene rings is 1. The smallest absolute Gasteiger partial charge is 0.253 e. The molecule has 0 atom stereocenters. The van der Waals surface area contributed by atoms with Gasteiger partial charge in [-0.05, 0) is 55.0 Å². The maximum Gasteiger partial charge on any atom is 0.253 e. The highest BCUT2D eigenvalue weighted by molar-refractivity contribution is 5.94. The number of hydrogen-bond acceptors (Lipinski definition) is 3. The van der Waals surface area contributed by atoms with Crippen LogP contribution in [0.15, 0.2) is 48.9 Å². The quantitative estimate of drug-likeness (QED) is 0.787. The van der Waals surface area contributed by atoms with Gasteiger partial charge < -0.3 is 4.90 Å². The number of nitrogens with zero attached hydrogens (tertiary/aromatic N) is 4. The van der Waals surface area contributed by atoms with E-state index in [-0.39, 0.29) is 5.91 Å². The van der Waals surface area contributed by atoms with Crippen LogP contribution in [0.2, 0.25) is 0 Å². The van der Waals surface area contributed by atoms with E-state index in [0.29, 0.717) is 5.92 Å². The lowest BCUT2D eigenvalue weighted by atomic mass is 9.96. The number of carbonyl (C=O) groups excluding carboxylic acids is 1. The summed E-state index contributed by atoms with van der Waals surface area (Å²) in [7, 11) is 0. The number of aromatic nitrogens is 4. The van der Waals surface area contributed by atoms with Gasteiger partial charge in [0.25, 0.3) is 5.91 Å². The van der Waals surface area contributed by atoms with Crippen LogP contribution in [0.5, 0.6) is 0 Å². The van der Waals surface area contributed by atoms with Crippen molar-refractivity contribution in [2.45, 2.75) is 26.3 Å². The van der Waals surface area contributed by atoms with Crippen molar-refractivity contribution in [2.24, 2.45) is 5.92 Å².